The number of rotatable bonds is 10. The van der Waals surface area contributed by atoms with Crippen LogP contribution in [0.5, 0.6) is 0 Å². The van der Waals surface area contributed by atoms with Gasteiger partial charge in [0.05, 0.1) is 0 Å². The minimum atomic E-state index is -0.774. The van der Waals surface area contributed by atoms with E-state index >= 15 is 0 Å². The molecule has 0 nitrogen and oxygen atoms in total. The number of aryl methyl sites for hydroxylation is 1. The normalized spacial score (nSPS) is 20.2. The second-order valence-electron chi connectivity index (χ2n) is 9.31. The van der Waals surface area contributed by atoms with E-state index in [1.807, 2.05) is 6.07 Å². The zero-order chi connectivity index (χ0) is 22.2. The topological polar surface area (TPSA) is 0 Å². The molecule has 1 fully saturated rings. The molecule has 2 aromatic carbocycles. The van der Waals surface area contributed by atoms with Crippen LogP contribution in [0, 0.1) is 17.7 Å². The molecule has 0 radical (unpaired) electrons. The summed E-state index contributed by atoms with van der Waals surface area (Å²) < 4.78 is 44.8. The Morgan fingerprint density at radius 3 is 2.29 bits per heavy atom. The van der Waals surface area contributed by atoms with E-state index in [4.69, 9.17) is 0 Å². The lowest BCUT2D eigenvalue weighted by Crippen LogP contribution is -2.15. The number of hydrogen-bond donors (Lipinski definition) is 0. The van der Waals surface area contributed by atoms with Crippen LogP contribution in [0.25, 0.3) is 16.6 Å². The predicted octanol–water partition coefficient (Wildman–Crippen LogP) is 9.71. The highest BCUT2D eigenvalue weighted by atomic mass is 19.2. The van der Waals surface area contributed by atoms with E-state index < -0.39 is 11.7 Å². The first-order chi connectivity index (χ1) is 15.0. The summed E-state index contributed by atoms with van der Waals surface area (Å²) >= 11 is 0. The van der Waals surface area contributed by atoms with Gasteiger partial charge in [-0.3, -0.25) is 0 Å². The van der Waals surface area contributed by atoms with Gasteiger partial charge in [0.15, 0.2) is 5.83 Å². The second-order valence-corrected chi connectivity index (χ2v) is 9.31. The van der Waals surface area contributed by atoms with E-state index in [1.165, 1.54) is 31.7 Å². The molecule has 3 rings (SSSR count). The molecule has 1 aliphatic carbocycles. The van der Waals surface area contributed by atoms with Crippen LogP contribution in [-0.4, -0.2) is 0 Å². The summed E-state index contributed by atoms with van der Waals surface area (Å²) in [5.41, 5.74) is 0.916. The lowest BCUT2D eigenvalue weighted by atomic mass is 9.79. The van der Waals surface area contributed by atoms with Crippen molar-refractivity contribution < 1.29 is 13.2 Å². The molecule has 0 amide bonds. The Hall–Kier alpha value is -1.77. The first kappa shape index (κ1) is 23.9. The molecular formula is C28H37F3. The maximum absolute atomic E-state index is 15.0. The van der Waals surface area contributed by atoms with Gasteiger partial charge in [-0.2, -0.15) is 0 Å². The molecule has 31 heavy (non-hydrogen) atoms. The molecule has 0 aromatic heterocycles. The standard InChI is InChI=1S/C28H37F3/c1-3-5-7-9-20-11-13-22(14-12-20)27(30)28(31)24-17-18-25-23(19-24)16-15-21(26(25)29)10-8-6-4-2/h15-20,22H,3-14H2,1-2H3. The van der Waals surface area contributed by atoms with Crippen LogP contribution in [0.2, 0.25) is 0 Å². The molecular weight excluding hydrogens is 393 g/mol. The average molecular weight is 431 g/mol. The van der Waals surface area contributed by atoms with E-state index in [0.717, 1.165) is 44.9 Å². The molecule has 0 aliphatic heterocycles. The number of halogens is 3. The Labute approximate surface area is 185 Å². The predicted molar refractivity (Wildman–Crippen MR) is 126 cm³/mol. The molecule has 1 saturated carbocycles. The zero-order valence-electron chi connectivity index (χ0n) is 19.2. The molecule has 0 heterocycles. The second kappa shape index (κ2) is 11.7. The zero-order valence-corrected chi connectivity index (χ0v) is 19.2. The number of hydrogen-bond acceptors (Lipinski definition) is 0. The maximum atomic E-state index is 15.0. The van der Waals surface area contributed by atoms with Crippen molar-refractivity contribution in [2.45, 2.75) is 90.9 Å². The monoisotopic (exact) mass is 430 g/mol. The number of unbranched alkanes of at least 4 members (excludes halogenated alkanes) is 4. The van der Waals surface area contributed by atoms with Crippen LogP contribution in [0.4, 0.5) is 13.2 Å². The van der Waals surface area contributed by atoms with Gasteiger partial charge in [0.25, 0.3) is 0 Å². The van der Waals surface area contributed by atoms with Crippen molar-refractivity contribution in [2.24, 2.45) is 11.8 Å². The smallest absolute Gasteiger partial charge is 0.162 e. The third kappa shape index (κ3) is 6.14. The number of benzene rings is 2. The molecule has 0 atom stereocenters. The molecule has 0 saturated heterocycles. The summed E-state index contributed by atoms with van der Waals surface area (Å²) in [5, 5.41) is 1.11. The highest BCUT2D eigenvalue weighted by Gasteiger charge is 2.26. The van der Waals surface area contributed by atoms with E-state index in [-0.39, 0.29) is 17.3 Å². The molecule has 3 heteroatoms. The van der Waals surface area contributed by atoms with Gasteiger partial charge in [-0.25, -0.2) is 13.2 Å². The van der Waals surface area contributed by atoms with E-state index in [1.54, 1.807) is 18.2 Å². The van der Waals surface area contributed by atoms with Gasteiger partial charge in [0.2, 0.25) is 0 Å². The van der Waals surface area contributed by atoms with Crippen molar-refractivity contribution in [3.63, 3.8) is 0 Å². The minimum Gasteiger partial charge on any atom is -0.208 e. The van der Waals surface area contributed by atoms with Crippen molar-refractivity contribution in [2.75, 3.05) is 0 Å². The van der Waals surface area contributed by atoms with Gasteiger partial charge < -0.3 is 0 Å². The molecule has 0 spiro atoms. The lowest BCUT2D eigenvalue weighted by molar-refractivity contribution is 0.258. The summed E-state index contributed by atoms with van der Waals surface area (Å²) in [6, 6.07) is 8.32. The van der Waals surface area contributed by atoms with Gasteiger partial charge in [0.1, 0.15) is 11.6 Å². The molecule has 0 unspecified atom stereocenters. The highest BCUT2D eigenvalue weighted by Crippen LogP contribution is 2.39. The first-order valence-electron chi connectivity index (χ1n) is 12.3. The van der Waals surface area contributed by atoms with Gasteiger partial charge in [-0.1, -0.05) is 76.6 Å². The molecule has 170 valence electrons. The Bertz CT molecular complexity index is 875. The van der Waals surface area contributed by atoms with Gasteiger partial charge in [-0.15, -0.1) is 0 Å². The number of allylic oxidation sites excluding steroid dienone is 1. The summed E-state index contributed by atoms with van der Waals surface area (Å²) in [7, 11) is 0. The summed E-state index contributed by atoms with van der Waals surface area (Å²) in [5.74, 6) is -1.29. The highest BCUT2D eigenvalue weighted by molar-refractivity contribution is 5.87. The van der Waals surface area contributed by atoms with E-state index in [9.17, 15) is 13.2 Å². The van der Waals surface area contributed by atoms with E-state index in [0.29, 0.717) is 28.7 Å². The van der Waals surface area contributed by atoms with Crippen molar-refractivity contribution in [1.29, 1.82) is 0 Å². The minimum absolute atomic E-state index is 0.216. The quantitative estimate of drug-likeness (QED) is 0.329. The van der Waals surface area contributed by atoms with Crippen LogP contribution < -0.4 is 0 Å². The average Bonchev–Trinajstić information content (AvgIpc) is 2.80. The van der Waals surface area contributed by atoms with Crippen molar-refractivity contribution >= 4 is 16.6 Å². The van der Waals surface area contributed by atoms with Crippen LogP contribution >= 0.6 is 0 Å². The molecule has 1 aliphatic rings. The fraction of sp³-hybridized carbons (Fsp3) is 0.571. The third-order valence-electron chi connectivity index (χ3n) is 6.97. The largest absolute Gasteiger partial charge is 0.208 e. The van der Waals surface area contributed by atoms with Crippen molar-refractivity contribution in [1.82, 2.24) is 0 Å². The maximum Gasteiger partial charge on any atom is 0.162 e. The van der Waals surface area contributed by atoms with Crippen LogP contribution in [0.1, 0.15) is 95.6 Å². The van der Waals surface area contributed by atoms with E-state index in [2.05, 4.69) is 13.8 Å². The first-order valence-corrected chi connectivity index (χ1v) is 12.3. The van der Waals surface area contributed by atoms with Gasteiger partial charge in [-0.05, 0) is 61.5 Å². The Balaban J connectivity index is 1.70. The van der Waals surface area contributed by atoms with Crippen molar-refractivity contribution in [3.05, 3.63) is 53.1 Å². The summed E-state index contributed by atoms with van der Waals surface area (Å²) in [6.07, 6.45) is 12.2. The fourth-order valence-electron chi connectivity index (χ4n) is 4.94. The van der Waals surface area contributed by atoms with Gasteiger partial charge >= 0.3 is 0 Å². The van der Waals surface area contributed by atoms with Crippen molar-refractivity contribution in [3.8, 4) is 0 Å². The SMILES string of the molecule is CCCCCc1ccc2cc(C(F)=C(F)C3CCC(CCCCC)CC3)ccc2c1F. The van der Waals surface area contributed by atoms with Crippen LogP contribution in [0.3, 0.4) is 0 Å². The molecule has 2 aromatic rings. The summed E-state index contributed by atoms with van der Waals surface area (Å²) in [6.45, 7) is 4.33. The number of fused-ring (bicyclic) bond motifs is 1. The third-order valence-corrected chi connectivity index (χ3v) is 6.97. The van der Waals surface area contributed by atoms with Gasteiger partial charge in [0, 0.05) is 16.9 Å². The van der Waals surface area contributed by atoms with Crippen LogP contribution in [-0.2, 0) is 6.42 Å². The Kier molecular flexibility index (Phi) is 9.04. The fourth-order valence-corrected chi connectivity index (χ4v) is 4.94. The Morgan fingerprint density at radius 2 is 1.58 bits per heavy atom. The summed E-state index contributed by atoms with van der Waals surface area (Å²) in [4.78, 5) is 0. The molecule has 0 bridgehead atoms. The lowest BCUT2D eigenvalue weighted by Gasteiger charge is -2.27. The van der Waals surface area contributed by atoms with Crippen LogP contribution in [0.15, 0.2) is 36.2 Å². The Morgan fingerprint density at radius 1 is 0.871 bits per heavy atom. The molecule has 0 N–H and O–H groups in total.